The molecule has 2 heteroatoms. The van der Waals surface area contributed by atoms with Crippen molar-refractivity contribution < 1.29 is 5.11 Å². The van der Waals surface area contributed by atoms with E-state index in [0.717, 1.165) is 32.1 Å². The molecule has 0 aromatic rings. The predicted molar refractivity (Wildman–Crippen MR) is 52.3 cm³/mol. The first-order valence-electron chi connectivity index (χ1n) is 5.84. The fourth-order valence-electron chi connectivity index (χ4n) is 3.80. The summed E-state index contributed by atoms with van der Waals surface area (Å²) >= 11 is 0. The topological polar surface area (TPSA) is 44.0 Å². The number of nitriles is 1. The van der Waals surface area contributed by atoms with E-state index in [4.69, 9.17) is 0 Å². The van der Waals surface area contributed by atoms with Crippen molar-refractivity contribution in [3.8, 4) is 6.07 Å². The van der Waals surface area contributed by atoms with Gasteiger partial charge < -0.3 is 5.11 Å². The van der Waals surface area contributed by atoms with E-state index in [1.54, 1.807) is 0 Å². The highest BCUT2D eigenvalue weighted by Crippen LogP contribution is 2.63. The Balaban J connectivity index is 1.94. The molecular weight excluding hydrogens is 174 g/mol. The third-order valence-corrected chi connectivity index (χ3v) is 4.91. The van der Waals surface area contributed by atoms with E-state index >= 15 is 0 Å². The summed E-state index contributed by atoms with van der Waals surface area (Å²) in [5.41, 5.74) is -0.945. The third-order valence-electron chi connectivity index (χ3n) is 4.91. The third kappa shape index (κ3) is 0.892. The highest BCUT2D eigenvalue weighted by Gasteiger charge is 2.65. The summed E-state index contributed by atoms with van der Waals surface area (Å²) in [5, 5.41) is 19.9. The molecule has 2 nitrogen and oxygen atoms in total. The van der Waals surface area contributed by atoms with Gasteiger partial charge in [0, 0.05) is 0 Å². The molecule has 0 saturated heterocycles. The van der Waals surface area contributed by atoms with E-state index in [9.17, 15) is 10.4 Å². The first kappa shape index (κ1) is 8.73. The molecule has 76 valence electrons. The molecule has 2 bridgehead atoms. The normalized spacial score (nSPS) is 48.6. The molecular formula is C12H17NO. The first-order chi connectivity index (χ1) is 6.70. The Labute approximate surface area is 84.9 Å². The predicted octanol–water partition coefficient (Wildman–Crippen LogP) is 2.23. The van der Waals surface area contributed by atoms with Crippen molar-refractivity contribution in [2.45, 2.75) is 50.5 Å². The van der Waals surface area contributed by atoms with E-state index in [0.29, 0.717) is 11.8 Å². The van der Waals surface area contributed by atoms with E-state index < -0.39 is 5.60 Å². The molecule has 4 rings (SSSR count). The van der Waals surface area contributed by atoms with Gasteiger partial charge in [-0.2, -0.15) is 5.26 Å². The maximum atomic E-state index is 10.7. The molecule has 1 atom stereocenters. The molecule has 0 aromatic carbocycles. The number of rotatable bonds is 1. The molecule has 0 aromatic heterocycles. The Kier molecular flexibility index (Phi) is 1.57. The highest BCUT2D eigenvalue weighted by atomic mass is 16.3. The highest BCUT2D eigenvalue weighted by molar-refractivity contribution is 5.23. The average molecular weight is 191 g/mol. The van der Waals surface area contributed by atoms with E-state index in [-0.39, 0.29) is 5.41 Å². The summed E-state index contributed by atoms with van der Waals surface area (Å²) < 4.78 is 0. The molecule has 0 amide bonds. The van der Waals surface area contributed by atoms with Gasteiger partial charge in [0.25, 0.3) is 0 Å². The molecule has 1 unspecified atom stereocenters. The molecule has 1 N–H and O–H groups in total. The Morgan fingerprint density at radius 2 is 1.79 bits per heavy atom. The van der Waals surface area contributed by atoms with Crippen molar-refractivity contribution in [1.82, 2.24) is 0 Å². The van der Waals surface area contributed by atoms with Crippen LogP contribution in [0.2, 0.25) is 0 Å². The zero-order valence-electron chi connectivity index (χ0n) is 8.50. The van der Waals surface area contributed by atoms with Crippen LogP contribution in [0.15, 0.2) is 0 Å². The van der Waals surface area contributed by atoms with Gasteiger partial charge in [-0.1, -0.05) is 0 Å². The summed E-state index contributed by atoms with van der Waals surface area (Å²) in [4.78, 5) is 0. The van der Waals surface area contributed by atoms with Crippen LogP contribution in [-0.2, 0) is 0 Å². The van der Waals surface area contributed by atoms with Crippen LogP contribution in [0.25, 0.3) is 0 Å². The van der Waals surface area contributed by atoms with Crippen molar-refractivity contribution in [3.05, 3.63) is 0 Å². The van der Waals surface area contributed by atoms with Gasteiger partial charge in [-0.05, 0) is 56.8 Å². The van der Waals surface area contributed by atoms with E-state index in [1.165, 1.54) is 12.8 Å². The van der Waals surface area contributed by atoms with Crippen LogP contribution in [0, 0.1) is 28.6 Å². The van der Waals surface area contributed by atoms with Gasteiger partial charge >= 0.3 is 0 Å². The minimum absolute atomic E-state index is 0.337. The van der Waals surface area contributed by atoms with Gasteiger partial charge in [0.15, 0.2) is 0 Å². The Hall–Kier alpha value is -0.550. The fraction of sp³-hybridized carbons (Fsp3) is 0.917. The van der Waals surface area contributed by atoms with Crippen LogP contribution in [0.3, 0.4) is 0 Å². The summed E-state index contributed by atoms with van der Waals surface area (Å²) in [6.45, 7) is 0. The first-order valence-corrected chi connectivity index (χ1v) is 5.84. The molecule has 14 heavy (non-hydrogen) atoms. The van der Waals surface area contributed by atoms with Gasteiger partial charge in [-0.15, -0.1) is 0 Å². The van der Waals surface area contributed by atoms with Gasteiger partial charge in [0.1, 0.15) is 0 Å². The van der Waals surface area contributed by atoms with Crippen molar-refractivity contribution in [3.63, 3.8) is 0 Å². The molecule has 0 radical (unpaired) electrons. The molecule has 4 saturated carbocycles. The Morgan fingerprint density at radius 3 is 2.14 bits per heavy atom. The summed E-state index contributed by atoms with van der Waals surface area (Å²) in [6, 6.07) is 2.40. The molecule has 4 aliphatic carbocycles. The Morgan fingerprint density at radius 1 is 1.14 bits per heavy atom. The molecule has 4 aliphatic rings. The maximum Gasteiger partial charge on any atom is 0.0864 e. The van der Waals surface area contributed by atoms with Crippen LogP contribution >= 0.6 is 0 Å². The second-order valence-electron chi connectivity index (χ2n) is 5.54. The van der Waals surface area contributed by atoms with Crippen molar-refractivity contribution in [2.24, 2.45) is 17.3 Å². The minimum atomic E-state index is -0.608. The SMILES string of the molecule is N#CC1(C2(O)CC3CCC2CC3)CC1. The van der Waals surface area contributed by atoms with Gasteiger partial charge in [-0.3, -0.25) is 0 Å². The average Bonchev–Trinajstić information content (AvgIpc) is 3.00. The van der Waals surface area contributed by atoms with Crippen LogP contribution < -0.4 is 0 Å². The number of hydrogen-bond donors (Lipinski definition) is 1. The van der Waals surface area contributed by atoms with Gasteiger partial charge in [0.2, 0.25) is 0 Å². The maximum absolute atomic E-state index is 10.7. The van der Waals surface area contributed by atoms with Gasteiger partial charge in [0.05, 0.1) is 17.1 Å². The lowest BCUT2D eigenvalue weighted by Gasteiger charge is -2.51. The summed E-state index contributed by atoms with van der Waals surface area (Å²) in [7, 11) is 0. The second kappa shape index (κ2) is 2.52. The molecule has 0 aliphatic heterocycles. The fourth-order valence-corrected chi connectivity index (χ4v) is 3.80. The minimum Gasteiger partial charge on any atom is -0.388 e. The standard InChI is InChI=1S/C12H17NO/c13-8-11(5-6-11)12(14)7-9-1-3-10(12)4-2-9/h9-10,14H,1-7H2. The number of nitrogens with zero attached hydrogens (tertiary/aromatic N) is 1. The lowest BCUT2D eigenvalue weighted by Crippen LogP contribution is -2.53. The second-order valence-corrected chi connectivity index (χ2v) is 5.54. The van der Waals surface area contributed by atoms with E-state index in [1.807, 2.05) is 0 Å². The monoisotopic (exact) mass is 191 g/mol. The largest absolute Gasteiger partial charge is 0.388 e. The number of fused-ring (bicyclic) bond motifs is 3. The summed E-state index contributed by atoms with van der Waals surface area (Å²) in [5.74, 6) is 1.13. The molecule has 0 heterocycles. The zero-order chi connectivity index (χ0) is 9.81. The van der Waals surface area contributed by atoms with Crippen LogP contribution in [0.1, 0.15) is 44.9 Å². The molecule has 0 spiro atoms. The van der Waals surface area contributed by atoms with Crippen molar-refractivity contribution in [2.75, 3.05) is 0 Å². The van der Waals surface area contributed by atoms with Crippen molar-refractivity contribution >= 4 is 0 Å². The lowest BCUT2D eigenvalue weighted by atomic mass is 9.57. The zero-order valence-corrected chi connectivity index (χ0v) is 8.50. The summed E-state index contributed by atoms with van der Waals surface area (Å²) in [6.07, 6.45) is 7.66. The van der Waals surface area contributed by atoms with Crippen LogP contribution in [0.5, 0.6) is 0 Å². The smallest absolute Gasteiger partial charge is 0.0864 e. The van der Waals surface area contributed by atoms with Crippen LogP contribution in [0.4, 0.5) is 0 Å². The van der Waals surface area contributed by atoms with Crippen LogP contribution in [-0.4, -0.2) is 10.7 Å². The molecule has 4 fully saturated rings. The number of aliphatic hydroxyl groups is 1. The van der Waals surface area contributed by atoms with Crippen molar-refractivity contribution in [1.29, 1.82) is 5.26 Å². The van der Waals surface area contributed by atoms with Gasteiger partial charge in [-0.25, -0.2) is 0 Å². The number of hydrogen-bond acceptors (Lipinski definition) is 2. The Bertz CT molecular complexity index is 294. The quantitative estimate of drug-likeness (QED) is 0.690. The van der Waals surface area contributed by atoms with E-state index in [2.05, 4.69) is 6.07 Å². The lowest BCUT2D eigenvalue weighted by molar-refractivity contribution is -0.131.